The number of likely N-dealkylation sites (tertiary alicyclic amines) is 2. The molecule has 0 saturated carbocycles. The number of amides is 2. The van der Waals surface area contributed by atoms with Crippen LogP contribution in [0, 0.1) is 11.8 Å². The third-order valence-electron chi connectivity index (χ3n) is 5.58. The second kappa shape index (κ2) is 8.56. The minimum Gasteiger partial charge on any atom is -0.445 e. The van der Waals surface area contributed by atoms with Gasteiger partial charge in [0, 0.05) is 50.3 Å². The summed E-state index contributed by atoms with van der Waals surface area (Å²) >= 11 is 0. The van der Waals surface area contributed by atoms with E-state index in [1.54, 1.807) is 9.80 Å². The molecule has 2 aromatic rings. The van der Waals surface area contributed by atoms with Gasteiger partial charge in [0.15, 0.2) is 0 Å². The Hall–Kier alpha value is -3.50. The maximum atomic E-state index is 12.6. The summed E-state index contributed by atoms with van der Waals surface area (Å²) in [7, 11) is 0. The van der Waals surface area contributed by atoms with Crippen LogP contribution < -0.4 is 10.3 Å². The number of alkyl halides is 3. The van der Waals surface area contributed by atoms with Gasteiger partial charge in [0.2, 0.25) is 5.56 Å². The molecule has 2 aliphatic rings. The van der Waals surface area contributed by atoms with E-state index in [0.29, 0.717) is 37.3 Å². The number of nitrogens with one attached hydrogen (secondary N) is 1. The summed E-state index contributed by atoms with van der Waals surface area (Å²) < 4.78 is 45.7. The number of carbonyl (C=O) groups excluding carboxylic acids is 2. The first kappa shape index (κ1) is 21.7. The van der Waals surface area contributed by atoms with Gasteiger partial charge in [-0.25, -0.2) is 4.79 Å². The number of pyridine rings is 1. The number of aromatic nitrogens is 1. The molecule has 1 aromatic heterocycles. The first-order valence-corrected chi connectivity index (χ1v) is 9.92. The normalized spacial score (nSPS) is 20.2. The molecular weight excluding hydrogens is 431 g/mol. The van der Waals surface area contributed by atoms with E-state index in [1.807, 2.05) is 0 Å². The van der Waals surface area contributed by atoms with Crippen molar-refractivity contribution in [3.8, 4) is 5.75 Å². The summed E-state index contributed by atoms with van der Waals surface area (Å²) in [4.78, 5) is 41.9. The largest absolute Gasteiger partial charge is 0.573 e. The Morgan fingerprint density at radius 3 is 2.16 bits per heavy atom. The lowest BCUT2D eigenvalue weighted by Crippen LogP contribution is -2.36. The number of benzene rings is 1. The van der Waals surface area contributed by atoms with Crippen LogP contribution in [0.3, 0.4) is 0 Å². The minimum absolute atomic E-state index is 0.0756. The van der Waals surface area contributed by atoms with Crippen LogP contribution in [0.5, 0.6) is 5.75 Å². The van der Waals surface area contributed by atoms with Crippen molar-refractivity contribution in [2.75, 3.05) is 26.2 Å². The molecule has 0 bridgehead atoms. The Morgan fingerprint density at radius 1 is 0.969 bits per heavy atom. The highest BCUT2D eigenvalue weighted by molar-refractivity contribution is 5.94. The van der Waals surface area contributed by atoms with E-state index in [4.69, 9.17) is 4.74 Å². The van der Waals surface area contributed by atoms with Crippen molar-refractivity contribution in [1.82, 2.24) is 14.8 Å². The van der Waals surface area contributed by atoms with E-state index < -0.39 is 12.5 Å². The molecule has 0 aliphatic carbocycles. The number of fused-ring (bicyclic) bond motifs is 1. The lowest BCUT2D eigenvalue weighted by Gasteiger charge is -2.21. The van der Waals surface area contributed by atoms with Crippen molar-refractivity contribution in [1.29, 1.82) is 0 Å². The van der Waals surface area contributed by atoms with Crippen molar-refractivity contribution in [2.45, 2.75) is 13.0 Å². The number of halogens is 3. The third-order valence-corrected chi connectivity index (χ3v) is 5.58. The van der Waals surface area contributed by atoms with Crippen LogP contribution in [-0.2, 0) is 11.3 Å². The van der Waals surface area contributed by atoms with Crippen LogP contribution in [0.15, 0.2) is 47.4 Å². The quantitative estimate of drug-likeness (QED) is 0.772. The van der Waals surface area contributed by atoms with Gasteiger partial charge in [-0.15, -0.1) is 13.2 Å². The van der Waals surface area contributed by atoms with Crippen LogP contribution in [0.1, 0.15) is 15.9 Å². The van der Waals surface area contributed by atoms with Gasteiger partial charge in [-0.2, -0.15) is 0 Å². The summed E-state index contributed by atoms with van der Waals surface area (Å²) in [6.07, 6.45) is -3.87. The Bertz CT molecular complexity index is 1020. The fraction of sp³-hybridized carbons (Fsp3) is 0.381. The minimum atomic E-state index is -4.76. The van der Waals surface area contributed by atoms with E-state index in [2.05, 4.69) is 9.72 Å². The van der Waals surface area contributed by atoms with Crippen molar-refractivity contribution >= 4 is 12.0 Å². The second-order valence-electron chi connectivity index (χ2n) is 7.82. The Morgan fingerprint density at radius 2 is 1.59 bits per heavy atom. The van der Waals surface area contributed by atoms with E-state index in [1.165, 1.54) is 30.5 Å². The van der Waals surface area contributed by atoms with Gasteiger partial charge in [0.25, 0.3) is 5.91 Å². The zero-order valence-corrected chi connectivity index (χ0v) is 16.8. The van der Waals surface area contributed by atoms with Gasteiger partial charge in [-0.05, 0) is 23.8 Å². The summed E-state index contributed by atoms with van der Waals surface area (Å²) in [6.45, 7) is 1.85. The van der Waals surface area contributed by atoms with Crippen molar-refractivity contribution < 1.29 is 32.2 Å². The molecule has 2 saturated heterocycles. The average molecular weight is 451 g/mol. The zero-order chi connectivity index (χ0) is 22.9. The smallest absolute Gasteiger partial charge is 0.445 e. The Balaban J connectivity index is 1.25. The molecule has 11 heteroatoms. The molecule has 0 unspecified atom stereocenters. The molecule has 32 heavy (non-hydrogen) atoms. The Kier molecular flexibility index (Phi) is 5.81. The number of carbonyl (C=O) groups is 2. The first-order chi connectivity index (χ1) is 15.2. The molecule has 8 nitrogen and oxygen atoms in total. The average Bonchev–Trinajstić information content (AvgIpc) is 3.31. The number of nitrogens with zero attached hydrogens (tertiary/aromatic N) is 2. The van der Waals surface area contributed by atoms with E-state index in [0.717, 1.165) is 12.1 Å². The molecule has 0 radical (unpaired) electrons. The highest BCUT2D eigenvalue weighted by atomic mass is 19.4. The maximum Gasteiger partial charge on any atom is 0.573 e. The van der Waals surface area contributed by atoms with E-state index in [9.17, 15) is 27.6 Å². The van der Waals surface area contributed by atoms with Crippen LogP contribution >= 0.6 is 0 Å². The van der Waals surface area contributed by atoms with Gasteiger partial charge in [0.1, 0.15) is 12.4 Å². The lowest BCUT2D eigenvalue weighted by molar-refractivity contribution is -0.274. The SMILES string of the molecule is O=C(OCc1ccc(OC(F)(F)F)cc1)N1C[C@@H]2CN(C(=O)c3ccc(=O)[nH]c3)C[C@H]2C1. The predicted molar refractivity (Wildman–Crippen MR) is 105 cm³/mol. The lowest BCUT2D eigenvalue weighted by atomic mass is 10.0. The molecule has 1 N–H and O–H groups in total. The van der Waals surface area contributed by atoms with Gasteiger partial charge >= 0.3 is 12.5 Å². The zero-order valence-electron chi connectivity index (χ0n) is 16.8. The number of rotatable bonds is 4. The molecule has 0 spiro atoms. The van der Waals surface area contributed by atoms with Gasteiger partial charge in [0.05, 0.1) is 5.56 Å². The second-order valence-corrected chi connectivity index (χ2v) is 7.82. The molecule has 170 valence electrons. The number of ether oxygens (including phenoxy) is 2. The predicted octanol–water partition coefficient (Wildman–Crippen LogP) is 2.61. The molecule has 4 rings (SSSR count). The Labute approximate surface area is 180 Å². The summed E-state index contributed by atoms with van der Waals surface area (Å²) in [5.41, 5.74) is 0.664. The van der Waals surface area contributed by atoms with E-state index in [-0.39, 0.29) is 35.7 Å². The van der Waals surface area contributed by atoms with Crippen molar-refractivity contribution in [3.63, 3.8) is 0 Å². The molecule has 3 heterocycles. The monoisotopic (exact) mass is 451 g/mol. The molecule has 1 aromatic carbocycles. The van der Waals surface area contributed by atoms with Crippen LogP contribution in [-0.4, -0.2) is 59.3 Å². The maximum absolute atomic E-state index is 12.6. The van der Waals surface area contributed by atoms with Crippen LogP contribution in [0.4, 0.5) is 18.0 Å². The number of H-pyrrole nitrogens is 1. The van der Waals surface area contributed by atoms with Crippen molar-refractivity contribution in [3.05, 3.63) is 64.1 Å². The first-order valence-electron chi connectivity index (χ1n) is 9.92. The fourth-order valence-corrected chi connectivity index (χ4v) is 4.06. The highest BCUT2D eigenvalue weighted by Gasteiger charge is 2.43. The van der Waals surface area contributed by atoms with Crippen molar-refractivity contribution in [2.24, 2.45) is 11.8 Å². The molecule has 2 amide bonds. The van der Waals surface area contributed by atoms with Gasteiger partial charge in [-0.1, -0.05) is 12.1 Å². The summed E-state index contributed by atoms with van der Waals surface area (Å²) in [6, 6.07) is 7.90. The summed E-state index contributed by atoms with van der Waals surface area (Å²) in [5.74, 6) is -0.246. The summed E-state index contributed by atoms with van der Waals surface area (Å²) in [5, 5.41) is 0. The highest BCUT2D eigenvalue weighted by Crippen LogP contribution is 2.32. The van der Waals surface area contributed by atoms with Crippen LogP contribution in [0.2, 0.25) is 0 Å². The standard InChI is InChI=1S/C21H20F3N3O5/c22-21(23,24)32-17-4-1-13(2-5-17)12-31-20(30)27-10-15-8-26(9-16(15)11-27)19(29)14-3-6-18(28)25-7-14/h1-7,15-16H,8-12H2,(H,25,28)/t15-,16-/m0/s1. The molecule has 2 fully saturated rings. The van der Waals surface area contributed by atoms with Gasteiger partial charge in [-0.3, -0.25) is 9.59 Å². The molecular formula is C21H20F3N3O5. The van der Waals surface area contributed by atoms with E-state index >= 15 is 0 Å². The number of hydrogen-bond donors (Lipinski definition) is 1. The molecule has 2 atom stereocenters. The number of hydrogen-bond acceptors (Lipinski definition) is 5. The third kappa shape index (κ3) is 5.04. The molecule has 2 aliphatic heterocycles. The van der Waals surface area contributed by atoms with Gasteiger partial charge < -0.3 is 24.3 Å². The topological polar surface area (TPSA) is 91.9 Å². The number of aromatic amines is 1. The van der Waals surface area contributed by atoms with Crippen LogP contribution in [0.25, 0.3) is 0 Å². The fourth-order valence-electron chi connectivity index (χ4n) is 4.06.